The Kier molecular flexibility index (Phi) is 3.52. The van der Waals surface area contributed by atoms with Gasteiger partial charge in [-0.2, -0.15) is 0 Å². The van der Waals surface area contributed by atoms with Crippen molar-refractivity contribution in [2.24, 2.45) is 0 Å². The molecule has 1 atom stereocenters. The normalized spacial score (nSPS) is 17.3. The lowest BCUT2D eigenvalue weighted by Gasteiger charge is -2.20. The summed E-state index contributed by atoms with van der Waals surface area (Å²) in [6, 6.07) is 16.0. The first-order valence-corrected chi connectivity index (χ1v) is 7.60. The number of fused-ring (bicyclic) bond motifs is 1. The average Bonchev–Trinajstić information content (AvgIpc) is 2.82. The third-order valence-electron chi connectivity index (χ3n) is 4.29. The van der Waals surface area contributed by atoms with Gasteiger partial charge < -0.3 is 5.32 Å². The summed E-state index contributed by atoms with van der Waals surface area (Å²) in [4.78, 5) is 0. The Morgan fingerprint density at radius 2 is 1.90 bits per heavy atom. The Labute approximate surface area is 122 Å². The molecule has 0 aliphatic heterocycles. The Hall–Kier alpha value is -1.76. The van der Waals surface area contributed by atoms with Gasteiger partial charge in [-0.1, -0.05) is 55.8 Å². The van der Waals surface area contributed by atoms with Crippen LogP contribution in [0.25, 0.3) is 0 Å². The van der Waals surface area contributed by atoms with Crippen LogP contribution in [0.15, 0.2) is 42.5 Å². The minimum atomic E-state index is 0.463. The third kappa shape index (κ3) is 2.45. The van der Waals surface area contributed by atoms with Crippen molar-refractivity contribution in [3.8, 4) is 0 Å². The van der Waals surface area contributed by atoms with Crippen LogP contribution < -0.4 is 5.32 Å². The van der Waals surface area contributed by atoms with Crippen LogP contribution in [0.2, 0.25) is 0 Å². The summed E-state index contributed by atoms with van der Waals surface area (Å²) in [6.45, 7) is 6.69. The van der Waals surface area contributed by atoms with Crippen molar-refractivity contribution in [3.05, 3.63) is 64.7 Å². The van der Waals surface area contributed by atoms with E-state index in [9.17, 15) is 0 Å². The van der Waals surface area contributed by atoms with Crippen molar-refractivity contribution >= 4 is 5.69 Å². The molecular formula is C19H23N. The maximum Gasteiger partial charge on any atom is 0.0519 e. The monoisotopic (exact) mass is 265 g/mol. The van der Waals surface area contributed by atoms with Crippen molar-refractivity contribution in [1.29, 1.82) is 0 Å². The van der Waals surface area contributed by atoms with E-state index in [1.165, 1.54) is 40.8 Å². The maximum absolute atomic E-state index is 3.77. The zero-order chi connectivity index (χ0) is 14.1. The fraction of sp³-hybridized carbons (Fsp3) is 0.368. The van der Waals surface area contributed by atoms with Gasteiger partial charge in [-0.25, -0.2) is 0 Å². The molecule has 1 N–H and O–H groups in total. The molecule has 0 radical (unpaired) electrons. The topological polar surface area (TPSA) is 12.0 Å². The summed E-state index contributed by atoms with van der Waals surface area (Å²) in [5, 5.41) is 3.77. The second-order valence-electron chi connectivity index (χ2n) is 6.18. The first-order valence-electron chi connectivity index (χ1n) is 7.60. The zero-order valence-corrected chi connectivity index (χ0v) is 12.6. The molecule has 2 aromatic rings. The fourth-order valence-electron chi connectivity index (χ4n) is 3.19. The molecule has 0 amide bonds. The second-order valence-corrected chi connectivity index (χ2v) is 6.18. The van der Waals surface area contributed by atoms with Crippen LogP contribution in [0.5, 0.6) is 0 Å². The molecule has 0 saturated heterocycles. The molecule has 1 aliphatic rings. The summed E-state index contributed by atoms with van der Waals surface area (Å²) in [7, 11) is 0. The summed E-state index contributed by atoms with van der Waals surface area (Å²) in [5.41, 5.74) is 7.06. The molecule has 0 spiro atoms. The van der Waals surface area contributed by atoms with Crippen LogP contribution >= 0.6 is 0 Å². The van der Waals surface area contributed by atoms with Crippen LogP contribution in [0.4, 0.5) is 5.69 Å². The van der Waals surface area contributed by atoms with Crippen LogP contribution in [0.3, 0.4) is 0 Å². The highest BCUT2D eigenvalue weighted by atomic mass is 14.9. The predicted molar refractivity (Wildman–Crippen MR) is 86.4 cm³/mol. The Morgan fingerprint density at radius 3 is 2.70 bits per heavy atom. The predicted octanol–water partition coefficient (Wildman–Crippen LogP) is 5.22. The van der Waals surface area contributed by atoms with Gasteiger partial charge in [0.25, 0.3) is 0 Å². The van der Waals surface area contributed by atoms with E-state index in [0.29, 0.717) is 12.0 Å². The standard InChI is InChI=1S/C19H23N/c1-13(2)16-6-4-5-7-18(16)20-19-11-10-15-9-8-14(3)12-17(15)19/h4-9,12-13,19-20H,10-11H2,1-3H3. The van der Waals surface area contributed by atoms with E-state index in [4.69, 9.17) is 0 Å². The molecule has 0 bridgehead atoms. The van der Waals surface area contributed by atoms with Gasteiger partial charge in [0.1, 0.15) is 0 Å². The van der Waals surface area contributed by atoms with Gasteiger partial charge in [0.2, 0.25) is 0 Å². The molecule has 2 aromatic carbocycles. The van der Waals surface area contributed by atoms with Gasteiger partial charge in [0.05, 0.1) is 6.04 Å². The van der Waals surface area contributed by atoms with E-state index < -0.39 is 0 Å². The molecule has 0 saturated carbocycles. The first kappa shape index (κ1) is 13.2. The number of rotatable bonds is 3. The molecule has 1 aliphatic carbocycles. The lowest BCUT2D eigenvalue weighted by atomic mass is 9.99. The second kappa shape index (κ2) is 5.32. The average molecular weight is 265 g/mol. The van der Waals surface area contributed by atoms with Crippen molar-refractivity contribution < 1.29 is 0 Å². The van der Waals surface area contributed by atoms with Crippen LogP contribution in [-0.4, -0.2) is 0 Å². The number of anilines is 1. The number of hydrogen-bond acceptors (Lipinski definition) is 1. The lowest BCUT2D eigenvalue weighted by molar-refractivity contribution is 0.755. The first-order chi connectivity index (χ1) is 9.65. The van der Waals surface area contributed by atoms with Crippen LogP contribution in [0.1, 0.15) is 54.5 Å². The molecule has 3 rings (SSSR count). The number of aryl methyl sites for hydroxylation is 2. The van der Waals surface area contributed by atoms with Gasteiger partial charge in [-0.15, -0.1) is 0 Å². The molecule has 104 valence electrons. The maximum atomic E-state index is 3.77. The van der Waals surface area contributed by atoms with Gasteiger partial charge in [-0.3, -0.25) is 0 Å². The quantitative estimate of drug-likeness (QED) is 0.802. The fourth-order valence-corrected chi connectivity index (χ4v) is 3.19. The van der Waals surface area contributed by atoms with E-state index >= 15 is 0 Å². The summed E-state index contributed by atoms with van der Waals surface area (Å²) >= 11 is 0. The molecule has 1 heteroatoms. The molecule has 0 aromatic heterocycles. The summed E-state index contributed by atoms with van der Waals surface area (Å²) in [5.74, 6) is 0.553. The molecule has 0 fully saturated rings. The SMILES string of the molecule is Cc1ccc2c(c1)C(Nc1ccccc1C(C)C)CC2. The van der Waals surface area contributed by atoms with Crippen LogP contribution in [0, 0.1) is 6.92 Å². The minimum Gasteiger partial charge on any atom is -0.378 e. The van der Waals surface area contributed by atoms with Crippen molar-refractivity contribution in [1.82, 2.24) is 0 Å². The van der Waals surface area contributed by atoms with Gasteiger partial charge in [-0.05, 0) is 48.4 Å². The Bertz CT molecular complexity index is 613. The van der Waals surface area contributed by atoms with E-state index in [-0.39, 0.29) is 0 Å². The number of hydrogen-bond donors (Lipinski definition) is 1. The minimum absolute atomic E-state index is 0.463. The zero-order valence-electron chi connectivity index (χ0n) is 12.6. The largest absolute Gasteiger partial charge is 0.378 e. The number of nitrogens with one attached hydrogen (secondary N) is 1. The Morgan fingerprint density at radius 1 is 1.10 bits per heavy atom. The summed E-state index contributed by atoms with van der Waals surface area (Å²) in [6.07, 6.45) is 2.39. The molecule has 1 unspecified atom stereocenters. The van der Waals surface area contributed by atoms with Gasteiger partial charge in [0, 0.05) is 5.69 Å². The molecular weight excluding hydrogens is 242 g/mol. The van der Waals surface area contributed by atoms with E-state index in [1.54, 1.807) is 0 Å². The summed E-state index contributed by atoms with van der Waals surface area (Å²) < 4.78 is 0. The highest BCUT2D eigenvalue weighted by molar-refractivity contribution is 5.55. The number of para-hydroxylation sites is 1. The van der Waals surface area contributed by atoms with E-state index in [0.717, 1.165) is 0 Å². The third-order valence-corrected chi connectivity index (χ3v) is 4.29. The molecule has 20 heavy (non-hydrogen) atoms. The van der Waals surface area contributed by atoms with Crippen LogP contribution in [-0.2, 0) is 6.42 Å². The van der Waals surface area contributed by atoms with Gasteiger partial charge >= 0.3 is 0 Å². The van der Waals surface area contributed by atoms with Crippen molar-refractivity contribution in [3.63, 3.8) is 0 Å². The van der Waals surface area contributed by atoms with Gasteiger partial charge in [0.15, 0.2) is 0 Å². The molecule has 0 heterocycles. The molecule has 1 nitrogen and oxygen atoms in total. The Balaban J connectivity index is 1.89. The smallest absolute Gasteiger partial charge is 0.0519 e. The van der Waals surface area contributed by atoms with E-state index in [2.05, 4.69) is 68.6 Å². The highest BCUT2D eigenvalue weighted by Gasteiger charge is 2.23. The highest BCUT2D eigenvalue weighted by Crippen LogP contribution is 2.36. The lowest BCUT2D eigenvalue weighted by Crippen LogP contribution is -2.09. The van der Waals surface area contributed by atoms with E-state index in [1.807, 2.05) is 0 Å². The number of benzene rings is 2. The van der Waals surface area contributed by atoms with Crippen molar-refractivity contribution in [2.45, 2.75) is 45.6 Å². The van der Waals surface area contributed by atoms with Crippen molar-refractivity contribution in [2.75, 3.05) is 5.32 Å².